The fourth-order valence-corrected chi connectivity index (χ4v) is 2.00. The molecule has 1 amide bonds. The molecule has 1 aromatic heterocycles. The van der Waals surface area contributed by atoms with Gasteiger partial charge in [0.05, 0.1) is 11.9 Å². The first-order valence-corrected chi connectivity index (χ1v) is 4.30. The second-order valence-corrected chi connectivity index (χ2v) is 3.56. The van der Waals surface area contributed by atoms with Gasteiger partial charge in [0.2, 0.25) is 5.91 Å². The molecule has 1 spiro atoms. The zero-order chi connectivity index (χ0) is 8.89. The Bertz CT molecular complexity index is 384. The average molecular weight is 175 g/mol. The summed E-state index contributed by atoms with van der Waals surface area (Å²) in [4.78, 5) is 15.6. The average Bonchev–Trinajstić information content (AvgIpc) is 2.35. The first-order valence-electron chi connectivity index (χ1n) is 4.30. The maximum Gasteiger partial charge on any atom is 0.237 e. The molecule has 0 atom stereocenters. The standard InChI is InChI=1S/C9H9N3O/c13-8-9(4-11-5-9)6-1-2-10-3-7(6)12-8/h1-3,11H,4-5H2,(H,12,13). The van der Waals surface area contributed by atoms with Crippen LogP contribution in [0.4, 0.5) is 5.69 Å². The number of fused-ring (bicyclic) bond motifs is 2. The third-order valence-corrected chi connectivity index (χ3v) is 2.87. The highest BCUT2D eigenvalue weighted by molar-refractivity contribution is 6.07. The molecule has 2 aliphatic heterocycles. The summed E-state index contributed by atoms with van der Waals surface area (Å²) in [7, 11) is 0. The molecular formula is C9H9N3O. The molecule has 66 valence electrons. The molecule has 0 bridgehead atoms. The quantitative estimate of drug-likeness (QED) is 0.577. The number of pyridine rings is 1. The highest BCUT2D eigenvalue weighted by atomic mass is 16.2. The fraction of sp³-hybridized carbons (Fsp3) is 0.333. The Labute approximate surface area is 75.4 Å². The van der Waals surface area contributed by atoms with Crippen LogP contribution < -0.4 is 10.6 Å². The number of carbonyl (C=O) groups is 1. The van der Waals surface area contributed by atoms with E-state index >= 15 is 0 Å². The molecule has 0 aliphatic carbocycles. The molecule has 13 heavy (non-hydrogen) atoms. The van der Waals surface area contributed by atoms with E-state index in [9.17, 15) is 4.79 Å². The Morgan fingerprint density at radius 1 is 1.46 bits per heavy atom. The predicted molar refractivity (Wildman–Crippen MR) is 47.4 cm³/mol. The Morgan fingerprint density at radius 2 is 2.31 bits per heavy atom. The minimum Gasteiger partial charge on any atom is -0.324 e. The predicted octanol–water partition coefficient (Wildman–Crippen LogP) is -0.125. The third-order valence-electron chi connectivity index (χ3n) is 2.87. The molecule has 2 aliphatic rings. The molecule has 1 aromatic rings. The number of nitrogens with zero attached hydrogens (tertiary/aromatic N) is 1. The minimum atomic E-state index is -0.293. The highest BCUT2D eigenvalue weighted by Gasteiger charge is 2.51. The van der Waals surface area contributed by atoms with Gasteiger partial charge in [-0.15, -0.1) is 0 Å². The third kappa shape index (κ3) is 0.691. The van der Waals surface area contributed by atoms with E-state index in [-0.39, 0.29) is 11.3 Å². The topological polar surface area (TPSA) is 54.0 Å². The molecule has 3 rings (SSSR count). The van der Waals surface area contributed by atoms with Gasteiger partial charge in [-0.1, -0.05) is 0 Å². The van der Waals surface area contributed by atoms with Gasteiger partial charge in [0.15, 0.2) is 0 Å². The van der Waals surface area contributed by atoms with Crippen LogP contribution in [0.3, 0.4) is 0 Å². The van der Waals surface area contributed by atoms with Crippen LogP contribution in [-0.4, -0.2) is 24.0 Å². The zero-order valence-electron chi connectivity index (χ0n) is 7.00. The second kappa shape index (κ2) is 2.09. The van der Waals surface area contributed by atoms with Crippen molar-refractivity contribution in [2.75, 3.05) is 18.4 Å². The van der Waals surface area contributed by atoms with Gasteiger partial charge in [-0.3, -0.25) is 9.78 Å². The first kappa shape index (κ1) is 7.03. The van der Waals surface area contributed by atoms with Crippen molar-refractivity contribution in [2.45, 2.75) is 5.41 Å². The summed E-state index contributed by atoms with van der Waals surface area (Å²) in [6.45, 7) is 1.49. The van der Waals surface area contributed by atoms with E-state index in [1.54, 1.807) is 12.4 Å². The lowest BCUT2D eigenvalue weighted by Gasteiger charge is -2.36. The van der Waals surface area contributed by atoms with Gasteiger partial charge < -0.3 is 10.6 Å². The number of amides is 1. The number of anilines is 1. The van der Waals surface area contributed by atoms with Crippen LogP contribution >= 0.6 is 0 Å². The van der Waals surface area contributed by atoms with Gasteiger partial charge in [-0.25, -0.2) is 0 Å². The SMILES string of the molecule is O=C1Nc2cnccc2C12CNC2. The summed E-state index contributed by atoms with van der Waals surface area (Å²) >= 11 is 0. The van der Waals surface area contributed by atoms with Crippen LogP contribution in [0, 0.1) is 0 Å². The van der Waals surface area contributed by atoms with E-state index in [4.69, 9.17) is 0 Å². The second-order valence-electron chi connectivity index (χ2n) is 3.56. The van der Waals surface area contributed by atoms with Crippen molar-refractivity contribution in [1.82, 2.24) is 10.3 Å². The maximum atomic E-state index is 11.7. The van der Waals surface area contributed by atoms with Gasteiger partial charge in [-0.2, -0.15) is 0 Å². The van der Waals surface area contributed by atoms with E-state index in [2.05, 4.69) is 15.6 Å². The molecule has 1 fully saturated rings. The van der Waals surface area contributed by atoms with Crippen molar-refractivity contribution >= 4 is 11.6 Å². The molecule has 1 saturated heterocycles. The zero-order valence-corrected chi connectivity index (χ0v) is 7.00. The monoisotopic (exact) mass is 175 g/mol. The van der Waals surface area contributed by atoms with E-state index in [0.29, 0.717) is 0 Å². The minimum absolute atomic E-state index is 0.106. The number of hydrogen-bond donors (Lipinski definition) is 2. The Morgan fingerprint density at radius 3 is 3.00 bits per heavy atom. The van der Waals surface area contributed by atoms with Crippen LogP contribution in [0.1, 0.15) is 5.56 Å². The van der Waals surface area contributed by atoms with Gasteiger partial charge in [-0.05, 0) is 11.6 Å². The summed E-state index contributed by atoms with van der Waals surface area (Å²) in [5, 5.41) is 5.98. The number of carbonyl (C=O) groups excluding carboxylic acids is 1. The van der Waals surface area contributed by atoms with Crippen molar-refractivity contribution in [3.8, 4) is 0 Å². The van der Waals surface area contributed by atoms with Crippen LogP contribution in [0.25, 0.3) is 0 Å². The summed E-state index contributed by atoms with van der Waals surface area (Å²) < 4.78 is 0. The summed E-state index contributed by atoms with van der Waals surface area (Å²) in [6.07, 6.45) is 3.44. The smallest absolute Gasteiger partial charge is 0.237 e. The number of nitrogens with one attached hydrogen (secondary N) is 2. The molecule has 3 heterocycles. The van der Waals surface area contributed by atoms with Crippen LogP contribution in [0.5, 0.6) is 0 Å². The number of rotatable bonds is 0. The first-order chi connectivity index (χ1) is 6.33. The molecule has 0 unspecified atom stereocenters. The van der Waals surface area contributed by atoms with Crippen molar-refractivity contribution in [3.63, 3.8) is 0 Å². The van der Waals surface area contributed by atoms with Gasteiger partial charge >= 0.3 is 0 Å². The Hall–Kier alpha value is -1.42. The summed E-state index contributed by atoms with van der Waals surface area (Å²) in [5.41, 5.74) is 1.67. The normalized spacial score (nSPS) is 22.3. The molecule has 0 radical (unpaired) electrons. The lowest BCUT2D eigenvalue weighted by Crippen LogP contribution is -2.60. The van der Waals surface area contributed by atoms with Crippen molar-refractivity contribution in [2.24, 2.45) is 0 Å². The molecule has 4 nitrogen and oxygen atoms in total. The Balaban J connectivity index is 2.20. The lowest BCUT2D eigenvalue weighted by molar-refractivity contribution is -0.122. The Kier molecular flexibility index (Phi) is 1.13. The molecule has 0 aromatic carbocycles. The van der Waals surface area contributed by atoms with Crippen molar-refractivity contribution in [1.29, 1.82) is 0 Å². The van der Waals surface area contributed by atoms with Crippen LogP contribution in [0.15, 0.2) is 18.5 Å². The van der Waals surface area contributed by atoms with Crippen LogP contribution in [-0.2, 0) is 10.2 Å². The van der Waals surface area contributed by atoms with Gasteiger partial charge in [0.1, 0.15) is 5.41 Å². The molecule has 2 N–H and O–H groups in total. The van der Waals surface area contributed by atoms with E-state index < -0.39 is 0 Å². The van der Waals surface area contributed by atoms with Gasteiger partial charge in [0, 0.05) is 19.3 Å². The maximum absolute atomic E-state index is 11.7. The lowest BCUT2D eigenvalue weighted by atomic mass is 9.77. The highest BCUT2D eigenvalue weighted by Crippen LogP contribution is 2.39. The van der Waals surface area contributed by atoms with E-state index in [1.807, 2.05) is 6.07 Å². The largest absolute Gasteiger partial charge is 0.324 e. The van der Waals surface area contributed by atoms with Crippen LogP contribution in [0.2, 0.25) is 0 Å². The number of hydrogen-bond acceptors (Lipinski definition) is 3. The number of aromatic nitrogens is 1. The molecule has 4 heteroatoms. The van der Waals surface area contributed by atoms with Crippen molar-refractivity contribution in [3.05, 3.63) is 24.0 Å². The van der Waals surface area contributed by atoms with Crippen molar-refractivity contribution < 1.29 is 4.79 Å². The summed E-state index contributed by atoms with van der Waals surface area (Å²) in [5.74, 6) is 0.106. The molecular weight excluding hydrogens is 166 g/mol. The molecule has 0 saturated carbocycles. The van der Waals surface area contributed by atoms with E-state index in [1.165, 1.54) is 0 Å². The van der Waals surface area contributed by atoms with Gasteiger partial charge in [0.25, 0.3) is 0 Å². The summed E-state index contributed by atoms with van der Waals surface area (Å²) in [6, 6.07) is 1.92. The fourth-order valence-electron chi connectivity index (χ4n) is 2.00. The van der Waals surface area contributed by atoms with E-state index in [0.717, 1.165) is 24.3 Å².